The summed E-state index contributed by atoms with van der Waals surface area (Å²) in [6.07, 6.45) is -46.0. The van der Waals surface area contributed by atoms with Crippen LogP contribution in [0.25, 0.3) is 0 Å². The van der Waals surface area contributed by atoms with Crippen LogP contribution >= 0.6 is 0 Å². The molecule has 0 saturated carbocycles. The van der Waals surface area contributed by atoms with Gasteiger partial charge in [-0.05, 0) is 0 Å². The molecule has 85 heavy (non-hydrogen) atoms. The maximum atomic E-state index is 10.9. The lowest BCUT2D eigenvalue weighted by Crippen LogP contribution is -2.65. The normalized spacial score (nSPS) is 45.6. The van der Waals surface area contributed by atoms with Crippen molar-refractivity contribution < 1.29 is 188 Å². The fraction of sp³-hybridized carbons (Fsp3) is 0.936. The van der Waals surface area contributed by atoms with Crippen molar-refractivity contribution in [2.24, 2.45) is 0 Å². The molecule has 20 N–H and O–H groups in total. The Morgan fingerprint density at radius 3 is 1.04 bits per heavy atom. The van der Waals surface area contributed by atoms with Crippen molar-refractivity contribution in [3.05, 3.63) is 0 Å². The number of carbonyl (C=O) groups excluding carboxylic acids is 3. The number of rotatable bonds is 19. The average molecular weight is 1250 g/mol. The molecule has 31 atom stereocenters. The molecule has 1 unspecified atom stereocenters. The molecular formula is C47H80O38. The van der Waals surface area contributed by atoms with Crippen LogP contribution in [0.5, 0.6) is 0 Å². The third kappa shape index (κ3) is 19.1. The second-order valence-electron chi connectivity index (χ2n) is 20.3. The average Bonchev–Trinajstić information content (AvgIpc) is 1.87. The van der Waals surface area contributed by atoms with Gasteiger partial charge in [0, 0.05) is 27.2 Å². The van der Waals surface area contributed by atoms with E-state index in [1.54, 1.807) is 0 Å². The maximum Gasteiger partial charge on any atom is 0.302 e. The van der Waals surface area contributed by atoms with Crippen molar-refractivity contribution in [3.8, 4) is 0 Å². The summed E-state index contributed by atoms with van der Waals surface area (Å²) in [5, 5.41) is 197. The van der Waals surface area contributed by atoms with Crippen LogP contribution in [-0.2, 0) is 85.4 Å². The predicted octanol–water partition coefficient (Wildman–Crippen LogP) is -13.7. The van der Waals surface area contributed by atoms with Gasteiger partial charge in [0.05, 0.1) is 46.2 Å². The summed E-state index contributed by atoms with van der Waals surface area (Å²) in [5.74, 6) is -1.60. The molecule has 7 heterocycles. The highest BCUT2D eigenvalue weighted by Gasteiger charge is 2.54. The van der Waals surface area contributed by atoms with Gasteiger partial charge in [0.2, 0.25) is 0 Å². The first-order valence-electron chi connectivity index (χ1n) is 26.6. The van der Waals surface area contributed by atoms with Gasteiger partial charge in [-0.25, -0.2) is 0 Å². The molecule has 0 aromatic heterocycles. The predicted molar refractivity (Wildman–Crippen MR) is 259 cm³/mol. The van der Waals surface area contributed by atoms with Crippen LogP contribution < -0.4 is 0 Å². The van der Waals surface area contributed by atoms with Crippen LogP contribution in [0.15, 0.2) is 0 Å². The van der Waals surface area contributed by atoms with Gasteiger partial charge >= 0.3 is 17.9 Å². The fourth-order valence-electron chi connectivity index (χ4n) is 9.10. The van der Waals surface area contributed by atoms with E-state index in [-0.39, 0.29) is 39.5 Å². The van der Waals surface area contributed by atoms with E-state index in [1.165, 1.54) is 13.8 Å². The molecular weight excluding hydrogens is 1170 g/mol. The van der Waals surface area contributed by atoms with Gasteiger partial charge in [-0.1, -0.05) is 0 Å². The fourth-order valence-corrected chi connectivity index (χ4v) is 9.10. The minimum Gasteiger partial charge on any atom is -0.466 e. The van der Waals surface area contributed by atoms with E-state index >= 15 is 0 Å². The largest absolute Gasteiger partial charge is 0.466 e. The van der Waals surface area contributed by atoms with E-state index in [2.05, 4.69) is 4.74 Å². The van der Waals surface area contributed by atoms with Crippen LogP contribution in [0.3, 0.4) is 0 Å². The third-order valence-corrected chi connectivity index (χ3v) is 14.0. The summed E-state index contributed by atoms with van der Waals surface area (Å²) < 4.78 is 78.1. The molecule has 7 aliphatic rings. The minimum absolute atomic E-state index is 0.0109. The molecule has 7 saturated heterocycles. The summed E-state index contributed by atoms with van der Waals surface area (Å²) >= 11 is 0. The highest BCUT2D eigenvalue weighted by atomic mass is 16.8. The first-order valence-corrected chi connectivity index (χ1v) is 26.6. The summed E-state index contributed by atoms with van der Waals surface area (Å²) in [4.78, 5) is 32.4. The van der Waals surface area contributed by atoms with Crippen molar-refractivity contribution in [1.82, 2.24) is 0 Å². The number of aliphatic hydroxyl groups excluding tert-OH is 20. The topological polar surface area (TPSA) is 594 Å². The molecule has 0 bridgehead atoms. The lowest BCUT2D eigenvalue weighted by Gasteiger charge is -2.48. The number of ether oxygens (including phenoxy) is 15. The first kappa shape index (κ1) is 72.9. The molecule has 0 aromatic carbocycles. The zero-order chi connectivity index (χ0) is 63.3. The van der Waals surface area contributed by atoms with E-state index in [4.69, 9.17) is 71.4 Å². The zero-order valence-electron chi connectivity index (χ0n) is 45.8. The molecule has 38 nitrogen and oxygen atoms in total. The Morgan fingerprint density at radius 2 is 0.671 bits per heavy atom. The number of fused-ring (bicyclic) bond motifs is 1. The third-order valence-electron chi connectivity index (χ3n) is 14.0. The van der Waals surface area contributed by atoms with Crippen LogP contribution in [0, 0.1) is 0 Å². The zero-order valence-corrected chi connectivity index (χ0v) is 45.8. The summed E-state index contributed by atoms with van der Waals surface area (Å²) in [5.41, 5.74) is 0. The smallest absolute Gasteiger partial charge is 0.302 e. The molecule has 496 valence electrons. The van der Waals surface area contributed by atoms with Gasteiger partial charge in [0.1, 0.15) is 160 Å². The first-order chi connectivity index (χ1) is 40.1. The van der Waals surface area contributed by atoms with Crippen molar-refractivity contribution in [1.29, 1.82) is 0 Å². The molecule has 0 amide bonds. The van der Waals surface area contributed by atoms with Gasteiger partial charge in [-0.3, -0.25) is 14.4 Å². The second kappa shape index (κ2) is 33.8. The Labute approximate surface area is 482 Å². The van der Waals surface area contributed by atoms with Gasteiger partial charge in [0.25, 0.3) is 0 Å². The molecule has 38 heteroatoms. The van der Waals surface area contributed by atoms with Crippen LogP contribution in [0.4, 0.5) is 0 Å². The van der Waals surface area contributed by atoms with Crippen molar-refractivity contribution >= 4 is 17.9 Å². The van der Waals surface area contributed by atoms with Crippen molar-refractivity contribution in [2.45, 2.75) is 218 Å². The highest BCUT2D eigenvalue weighted by molar-refractivity contribution is 5.66. The number of aliphatic hydroxyl groups is 20. The van der Waals surface area contributed by atoms with Crippen LogP contribution in [0.1, 0.15) is 27.2 Å². The molecule has 7 aliphatic heterocycles. The van der Waals surface area contributed by atoms with Gasteiger partial charge < -0.3 is 173 Å². The molecule has 7 rings (SSSR count). The van der Waals surface area contributed by atoms with Crippen molar-refractivity contribution in [2.75, 3.05) is 59.5 Å². The molecule has 0 aliphatic carbocycles. The Kier molecular flexibility index (Phi) is 29.0. The molecule has 7 fully saturated rings. The molecule has 0 spiro atoms. The van der Waals surface area contributed by atoms with Crippen LogP contribution in [0.2, 0.25) is 0 Å². The Balaban J connectivity index is 0.000000234. The number of carbonyl (C=O) groups is 3. The quantitative estimate of drug-likeness (QED) is 0.0324. The maximum absolute atomic E-state index is 10.9. The lowest BCUT2D eigenvalue weighted by atomic mass is 9.97. The van der Waals surface area contributed by atoms with E-state index in [0.717, 1.165) is 6.92 Å². The monoisotopic (exact) mass is 1250 g/mol. The molecule has 0 aromatic rings. The lowest BCUT2D eigenvalue weighted by molar-refractivity contribution is -0.398. The number of hydrogen-bond acceptors (Lipinski definition) is 38. The van der Waals surface area contributed by atoms with Gasteiger partial charge in [-0.15, -0.1) is 0 Å². The molecule has 0 radical (unpaired) electrons. The van der Waals surface area contributed by atoms with Crippen LogP contribution in [-0.4, -0.2) is 370 Å². The standard InChI is InChI=1S/C17H28O13.C16H28O13.C14H24O12/c1-6(19)25-3-2-9-26-5-8-15(29-9)12(22)14(24)17(28-8)30-16-13(23)11(21)10(20)7(4-18)27-16;1-6(18)26-3-2-25-5-8-10(20)12(22)14(24)16(28-8)29-15-13(23)11(21)9(19)7(4-17)27-15;1-4(16)23-3-6-8(18)10(20)12(22)14(25-6)26-13-11(21)9(19)7(17)5(2-15)24-13/h7-18,20-24H,2-5H2,1H3;7-17,19-24H,2-5H2,1H3;5-15,17-22H,2-3H2,1H3/t7-,8-,9?,10-,11+,12-,13-,14-,15-,16-,17-;7-,8-,9-,10-,11+,12+,13-,14-,15-,16-;5-,6-,7-,8-,9+,10+,11-,12-,13-,14-/m111/s1. The summed E-state index contributed by atoms with van der Waals surface area (Å²) in [7, 11) is 0. The Bertz CT molecular complexity index is 1990. The van der Waals surface area contributed by atoms with E-state index < -0.39 is 235 Å². The van der Waals surface area contributed by atoms with Gasteiger partial charge in [-0.2, -0.15) is 0 Å². The minimum atomic E-state index is -1.76. The van der Waals surface area contributed by atoms with E-state index in [9.17, 15) is 111 Å². The SMILES string of the molecule is CC(=O)OCCC1OC[C@H]2O[C@H](O[C@H]3O[C@H](CO)[C@@H](O)[C@H](O)[C@H]3O)[C@H](O)[C@@H](O)[C@@H]2O1.CC(=O)OCCOC[C@H]1O[C@H](O[C@H]2O[C@H](CO)[C@@H](O)[C@H](O)[C@H]2O)[C@H](O)[C@@H](O)[C@@H]1O.CC(=O)OC[C@H]1O[C@H](O[C@H]2O[C@H](CO)[C@@H](O)[C@H](O)[C@H]2O)[C@H](O)[C@@H](O)[C@@H]1O. The Hall–Kier alpha value is -2.87. The highest BCUT2D eigenvalue weighted by Crippen LogP contribution is 2.34. The van der Waals surface area contributed by atoms with E-state index in [0.29, 0.717) is 0 Å². The van der Waals surface area contributed by atoms with E-state index in [1.807, 2.05) is 0 Å². The second-order valence-corrected chi connectivity index (χ2v) is 20.3. The Morgan fingerprint density at radius 1 is 0.353 bits per heavy atom. The van der Waals surface area contributed by atoms with Crippen molar-refractivity contribution in [3.63, 3.8) is 0 Å². The summed E-state index contributed by atoms with van der Waals surface area (Å²) in [6.45, 7) is 0.912. The van der Waals surface area contributed by atoms with Gasteiger partial charge in [0.15, 0.2) is 44.0 Å². The number of hydrogen-bond donors (Lipinski definition) is 20. The summed E-state index contributed by atoms with van der Waals surface area (Å²) in [6, 6.07) is 0. The number of esters is 3.